The Morgan fingerprint density at radius 1 is 1.25 bits per heavy atom. The third kappa shape index (κ3) is 2.31. The highest BCUT2D eigenvalue weighted by atomic mass is 15.3. The van der Waals surface area contributed by atoms with E-state index in [1.807, 2.05) is 0 Å². The van der Waals surface area contributed by atoms with Crippen LogP contribution in [-0.4, -0.2) is 31.7 Å². The van der Waals surface area contributed by atoms with Gasteiger partial charge in [0.05, 0.1) is 27.2 Å². The van der Waals surface area contributed by atoms with Gasteiger partial charge in [-0.1, -0.05) is 6.92 Å². The zero-order valence-electron chi connectivity index (χ0n) is 6.73. The minimum atomic E-state index is 0.787. The molecule has 0 aliphatic heterocycles. The van der Waals surface area contributed by atoms with E-state index in [0.717, 1.165) is 10.5 Å². The van der Waals surface area contributed by atoms with Gasteiger partial charge in [-0.05, 0) is 13.3 Å². The van der Waals surface area contributed by atoms with Gasteiger partial charge in [0.2, 0.25) is 0 Å². The fourth-order valence-corrected chi connectivity index (χ4v) is 0.548. The molecule has 1 heteroatoms. The first-order chi connectivity index (χ1) is 3.48. The van der Waals surface area contributed by atoms with E-state index in [2.05, 4.69) is 35.0 Å². The van der Waals surface area contributed by atoms with Crippen LogP contribution >= 0.6 is 0 Å². The predicted molar refractivity (Wildman–Crippen MR) is 37.8 cm³/mol. The fourth-order valence-electron chi connectivity index (χ4n) is 0.548. The van der Waals surface area contributed by atoms with Crippen LogP contribution in [-0.2, 0) is 0 Å². The molecule has 0 spiro atoms. The summed E-state index contributed by atoms with van der Waals surface area (Å²) in [6.45, 7) is 4.51. The fraction of sp³-hybridized carbons (Fsp3) is 1.00. The lowest BCUT2D eigenvalue weighted by molar-refractivity contribution is -0.894. The van der Waals surface area contributed by atoms with Crippen molar-refractivity contribution in [1.29, 1.82) is 0 Å². The minimum Gasteiger partial charge on any atom is -0.329 e. The van der Waals surface area contributed by atoms with Gasteiger partial charge in [0.1, 0.15) is 0 Å². The van der Waals surface area contributed by atoms with E-state index in [0.29, 0.717) is 0 Å². The summed E-state index contributed by atoms with van der Waals surface area (Å²) in [6.07, 6.45) is 1.27. The first kappa shape index (κ1) is 7.96. The zero-order valence-corrected chi connectivity index (χ0v) is 6.73. The first-order valence-electron chi connectivity index (χ1n) is 3.29. The largest absolute Gasteiger partial charge is 0.329 e. The van der Waals surface area contributed by atoms with Gasteiger partial charge >= 0.3 is 0 Å². The Labute approximate surface area is 52.9 Å². The molecule has 0 heterocycles. The second kappa shape index (κ2) is 2.49. The molecule has 0 unspecified atom stereocenters. The van der Waals surface area contributed by atoms with E-state index in [4.69, 9.17) is 0 Å². The van der Waals surface area contributed by atoms with Crippen molar-refractivity contribution in [3.63, 3.8) is 0 Å². The number of nitrogens with zero attached hydrogens (tertiary/aromatic N) is 1. The summed E-state index contributed by atoms with van der Waals surface area (Å²) in [5.74, 6) is 0. The first-order valence-corrected chi connectivity index (χ1v) is 3.29. The normalized spacial score (nSPS) is 16.1. The third-order valence-electron chi connectivity index (χ3n) is 1.91. The molecule has 1 nitrogen and oxygen atoms in total. The number of hydrogen-bond acceptors (Lipinski definition) is 0. The third-order valence-corrected chi connectivity index (χ3v) is 1.91. The highest BCUT2D eigenvalue weighted by Gasteiger charge is 2.14. The molecule has 0 aliphatic rings. The van der Waals surface area contributed by atoms with Crippen LogP contribution in [0.1, 0.15) is 20.3 Å². The smallest absolute Gasteiger partial charge is 0.0852 e. The molecule has 0 fully saturated rings. The van der Waals surface area contributed by atoms with Crippen LogP contribution in [0.2, 0.25) is 0 Å². The lowest BCUT2D eigenvalue weighted by Crippen LogP contribution is -2.42. The predicted octanol–water partition coefficient (Wildman–Crippen LogP) is 1.49. The summed E-state index contributed by atoms with van der Waals surface area (Å²) in [4.78, 5) is 0. The highest BCUT2D eigenvalue weighted by Crippen LogP contribution is 2.04. The summed E-state index contributed by atoms with van der Waals surface area (Å²) >= 11 is 0. The van der Waals surface area contributed by atoms with Crippen molar-refractivity contribution in [3.8, 4) is 0 Å². The maximum absolute atomic E-state index is 2.28. The van der Waals surface area contributed by atoms with Crippen molar-refractivity contribution in [2.45, 2.75) is 26.3 Å². The second-order valence-electron chi connectivity index (χ2n) is 3.37. The Kier molecular flexibility index (Phi) is 2.48. The van der Waals surface area contributed by atoms with Crippen LogP contribution in [0.15, 0.2) is 0 Å². The molecule has 0 saturated carbocycles. The summed E-state index contributed by atoms with van der Waals surface area (Å²) in [5, 5.41) is 0. The van der Waals surface area contributed by atoms with Crippen LogP contribution in [0.25, 0.3) is 0 Å². The molecule has 0 amide bonds. The number of quaternary nitrogens is 1. The molecule has 0 N–H and O–H groups in total. The van der Waals surface area contributed by atoms with Crippen molar-refractivity contribution in [2.24, 2.45) is 0 Å². The molecule has 0 aromatic carbocycles. The van der Waals surface area contributed by atoms with Gasteiger partial charge in [-0.15, -0.1) is 0 Å². The molecule has 0 saturated heterocycles. The number of hydrogen-bond donors (Lipinski definition) is 0. The quantitative estimate of drug-likeness (QED) is 0.479. The Balaban J connectivity index is 3.62. The van der Waals surface area contributed by atoms with Gasteiger partial charge < -0.3 is 4.48 Å². The molecule has 0 bridgehead atoms. The average molecular weight is 116 g/mol. The molecule has 0 aromatic heterocycles. The Hall–Kier alpha value is -0.0400. The van der Waals surface area contributed by atoms with E-state index in [9.17, 15) is 0 Å². The summed E-state index contributed by atoms with van der Waals surface area (Å²) in [5.41, 5.74) is 0. The minimum absolute atomic E-state index is 0.787. The van der Waals surface area contributed by atoms with Crippen LogP contribution in [0, 0.1) is 0 Å². The number of rotatable bonds is 2. The van der Waals surface area contributed by atoms with Gasteiger partial charge in [0.15, 0.2) is 0 Å². The molecule has 0 aliphatic carbocycles. The van der Waals surface area contributed by atoms with Crippen LogP contribution in [0.4, 0.5) is 0 Å². The topological polar surface area (TPSA) is 0 Å². The van der Waals surface area contributed by atoms with Crippen molar-refractivity contribution in [3.05, 3.63) is 0 Å². The van der Waals surface area contributed by atoms with Gasteiger partial charge in [-0.25, -0.2) is 0 Å². The Morgan fingerprint density at radius 3 is 1.62 bits per heavy atom. The van der Waals surface area contributed by atoms with E-state index >= 15 is 0 Å². The molecule has 1 atom stereocenters. The standard InChI is InChI=1S/C7H18N/c1-6-7(2)8(3,4)5/h7H,6H2,1-5H3/q+1/t7-/m1/s1. The summed E-state index contributed by atoms with van der Waals surface area (Å²) in [6, 6.07) is 0.787. The van der Waals surface area contributed by atoms with Crippen LogP contribution in [0.5, 0.6) is 0 Å². The maximum atomic E-state index is 2.28. The van der Waals surface area contributed by atoms with E-state index in [-0.39, 0.29) is 0 Å². The lowest BCUT2D eigenvalue weighted by Gasteiger charge is -2.30. The average Bonchev–Trinajstić information content (AvgIpc) is 1.62. The van der Waals surface area contributed by atoms with Crippen LogP contribution < -0.4 is 0 Å². The molecule has 0 aromatic rings. The SMILES string of the molecule is CC[C@@H](C)[N+](C)(C)C. The Bertz CT molecular complexity index is 61.3. The lowest BCUT2D eigenvalue weighted by atomic mass is 10.2. The zero-order chi connectivity index (χ0) is 6.78. The van der Waals surface area contributed by atoms with Gasteiger partial charge in [0, 0.05) is 0 Å². The second-order valence-corrected chi connectivity index (χ2v) is 3.37. The monoisotopic (exact) mass is 116 g/mol. The van der Waals surface area contributed by atoms with Crippen LogP contribution in [0.3, 0.4) is 0 Å². The van der Waals surface area contributed by atoms with Crippen molar-refractivity contribution >= 4 is 0 Å². The molecule has 50 valence electrons. The molecule has 0 radical (unpaired) electrons. The van der Waals surface area contributed by atoms with Crippen molar-refractivity contribution in [1.82, 2.24) is 0 Å². The van der Waals surface area contributed by atoms with Crippen molar-refractivity contribution in [2.75, 3.05) is 21.1 Å². The van der Waals surface area contributed by atoms with Gasteiger partial charge in [-0.2, -0.15) is 0 Å². The van der Waals surface area contributed by atoms with Gasteiger partial charge in [0.25, 0.3) is 0 Å². The Morgan fingerprint density at radius 2 is 1.62 bits per heavy atom. The summed E-state index contributed by atoms with van der Waals surface area (Å²) < 4.78 is 1.08. The highest BCUT2D eigenvalue weighted by molar-refractivity contribution is 4.41. The molecule has 8 heavy (non-hydrogen) atoms. The molecule has 0 rings (SSSR count). The summed E-state index contributed by atoms with van der Waals surface area (Å²) in [7, 11) is 6.69. The van der Waals surface area contributed by atoms with Crippen molar-refractivity contribution < 1.29 is 4.48 Å². The maximum Gasteiger partial charge on any atom is 0.0852 e. The molecular formula is C7H18N+. The van der Waals surface area contributed by atoms with E-state index in [1.165, 1.54) is 6.42 Å². The van der Waals surface area contributed by atoms with Gasteiger partial charge in [-0.3, -0.25) is 0 Å². The van der Waals surface area contributed by atoms with E-state index in [1.54, 1.807) is 0 Å². The van der Waals surface area contributed by atoms with E-state index < -0.39 is 0 Å². The molecular weight excluding hydrogens is 98.1 g/mol.